The van der Waals surface area contributed by atoms with Crippen LogP contribution in [0.25, 0.3) is 0 Å². The topological polar surface area (TPSA) is 55.8 Å². The second-order valence-electron chi connectivity index (χ2n) is 7.42. The fourth-order valence-corrected chi connectivity index (χ4v) is 3.95. The van der Waals surface area contributed by atoms with Crippen molar-refractivity contribution in [3.8, 4) is 11.5 Å². The maximum atomic E-state index is 12.8. The third-order valence-corrected chi connectivity index (χ3v) is 5.16. The lowest BCUT2D eigenvalue weighted by atomic mass is 9.95. The summed E-state index contributed by atoms with van der Waals surface area (Å²) in [7, 11) is 0. The summed E-state index contributed by atoms with van der Waals surface area (Å²) in [5.74, 6) is 1.07. The van der Waals surface area contributed by atoms with E-state index in [1.54, 1.807) is 0 Å². The average Bonchev–Trinajstić information content (AvgIpc) is 3.17. The summed E-state index contributed by atoms with van der Waals surface area (Å²) in [6, 6.07) is 12.0. The van der Waals surface area contributed by atoms with Gasteiger partial charge in [-0.25, -0.2) is 0 Å². The average molecular weight is 365 g/mol. The molecule has 5 nitrogen and oxygen atoms in total. The highest BCUT2D eigenvalue weighted by Crippen LogP contribution is 2.33. The molecule has 2 aromatic carbocycles. The first-order valence-corrected chi connectivity index (χ1v) is 9.29. The number of aryl methyl sites for hydroxylation is 2. The van der Waals surface area contributed by atoms with E-state index in [4.69, 9.17) is 9.47 Å². The number of hydrogen-bond donors (Lipinski definition) is 0. The van der Waals surface area contributed by atoms with E-state index < -0.39 is 0 Å². The van der Waals surface area contributed by atoms with Gasteiger partial charge in [0.25, 0.3) is 0 Å². The van der Waals surface area contributed by atoms with E-state index in [1.807, 2.05) is 18.2 Å². The number of fused-ring (bicyclic) bond motifs is 1. The van der Waals surface area contributed by atoms with Gasteiger partial charge in [-0.05, 0) is 49.9 Å². The van der Waals surface area contributed by atoms with Crippen LogP contribution in [0.15, 0.2) is 36.4 Å². The van der Waals surface area contributed by atoms with E-state index in [2.05, 4.69) is 32.0 Å². The van der Waals surface area contributed by atoms with Gasteiger partial charge in [-0.15, -0.1) is 0 Å². The monoisotopic (exact) mass is 365 g/mol. The lowest BCUT2D eigenvalue weighted by Crippen LogP contribution is -2.33. The molecule has 0 spiro atoms. The van der Waals surface area contributed by atoms with Gasteiger partial charge in [0.15, 0.2) is 11.5 Å². The first-order valence-electron chi connectivity index (χ1n) is 9.29. The van der Waals surface area contributed by atoms with Crippen LogP contribution >= 0.6 is 0 Å². The molecule has 2 heterocycles. The van der Waals surface area contributed by atoms with Gasteiger partial charge in [-0.2, -0.15) is 0 Å². The zero-order valence-electron chi connectivity index (χ0n) is 15.7. The fraction of sp³-hybridized carbons (Fsp3) is 0.364. The molecule has 2 aromatic rings. The number of hydrogen-bond acceptors (Lipinski definition) is 4. The number of likely N-dealkylation sites (tertiary alicyclic amines) is 1. The Hall–Kier alpha value is -2.82. The number of carbonyl (C=O) groups is 2. The molecule has 0 radical (unpaired) electrons. The Morgan fingerprint density at radius 3 is 2.48 bits per heavy atom. The van der Waals surface area contributed by atoms with Crippen LogP contribution in [0, 0.1) is 19.8 Å². The van der Waals surface area contributed by atoms with Crippen LogP contribution in [-0.4, -0.2) is 30.1 Å². The summed E-state index contributed by atoms with van der Waals surface area (Å²) in [4.78, 5) is 26.6. The molecule has 2 aliphatic heterocycles. The van der Waals surface area contributed by atoms with Gasteiger partial charge in [-0.3, -0.25) is 14.5 Å². The van der Waals surface area contributed by atoms with Gasteiger partial charge in [0.2, 0.25) is 18.6 Å². The Morgan fingerprint density at radius 2 is 1.70 bits per heavy atom. The van der Waals surface area contributed by atoms with Crippen molar-refractivity contribution < 1.29 is 19.1 Å². The highest BCUT2D eigenvalue weighted by atomic mass is 16.7. The molecule has 140 valence electrons. The number of rotatable bonds is 5. The van der Waals surface area contributed by atoms with E-state index >= 15 is 0 Å². The molecule has 2 aliphatic rings. The predicted molar refractivity (Wildman–Crippen MR) is 101 cm³/mol. The highest BCUT2D eigenvalue weighted by Gasteiger charge is 2.38. The van der Waals surface area contributed by atoms with Gasteiger partial charge in [0, 0.05) is 13.0 Å². The van der Waals surface area contributed by atoms with Gasteiger partial charge in [-0.1, -0.05) is 35.4 Å². The van der Waals surface area contributed by atoms with Crippen molar-refractivity contribution in [2.45, 2.75) is 33.1 Å². The number of benzene rings is 2. The van der Waals surface area contributed by atoms with Gasteiger partial charge < -0.3 is 9.47 Å². The maximum absolute atomic E-state index is 12.8. The fourth-order valence-electron chi connectivity index (χ4n) is 3.95. The largest absolute Gasteiger partial charge is 0.454 e. The van der Waals surface area contributed by atoms with E-state index in [0.717, 1.165) is 22.6 Å². The minimum absolute atomic E-state index is 0.0556. The van der Waals surface area contributed by atoms with Gasteiger partial charge in [0.05, 0.1) is 5.92 Å². The summed E-state index contributed by atoms with van der Waals surface area (Å²) in [6.45, 7) is 4.74. The van der Waals surface area contributed by atoms with Crippen molar-refractivity contribution in [3.05, 3.63) is 58.7 Å². The number of nitrogens with zero attached hydrogens (tertiary/aromatic N) is 1. The molecule has 5 heteroatoms. The second kappa shape index (κ2) is 7.06. The molecular weight excluding hydrogens is 342 g/mol. The summed E-state index contributed by atoms with van der Waals surface area (Å²) in [5.41, 5.74) is 4.51. The minimum atomic E-state index is -0.254. The zero-order chi connectivity index (χ0) is 19.0. The van der Waals surface area contributed by atoms with Crippen LogP contribution in [0.5, 0.6) is 11.5 Å². The van der Waals surface area contributed by atoms with Crippen molar-refractivity contribution in [1.29, 1.82) is 0 Å². The smallest absolute Gasteiger partial charge is 0.233 e. The zero-order valence-corrected chi connectivity index (χ0v) is 15.7. The normalized spacial score (nSPS) is 18.4. The number of imide groups is 1. The van der Waals surface area contributed by atoms with Crippen molar-refractivity contribution >= 4 is 11.8 Å². The van der Waals surface area contributed by atoms with E-state index in [1.165, 1.54) is 16.0 Å². The van der Waals surface area contributed by atoms with E-state index in [9.17, 15) is 9.59 Å². The Morgan fingerprint density at radius 1 is 0.963 bits per heavy atom. The molecular formula is C22H23NO4. The molecule has 0 aromatic heterocycles. The molecule has 2 amide bonds. The minimum Gasteiger partial charge on any atom is -0.454 e. The molecule has 4 rings (SSSR count). The molecule has 0 bridgehead atoms. The summed E-state index contributed by atoms with van der Waals surface area (Å²) < 4.78 is 10.7. The van der Waals surface area contributed by atoms with E-state index in [-0.39, 0.29) is 24.5 Å². The third-order valence-electron chi connectivity index (χ3n) is 5.16. The molecule has 1 unspecified atom stereocenters. The predicted octanol–water partition coefficient (Wildman–Crippen LogP) is 3.19. The number of amides is 2. The standard InChI is InChI=1S/C22H23NO4/c1-14-7-15(2)9-17(8-14)10-18-12-21(24)23(22(18)25)6-5-16-3-4-19-20(11-16)27-13-26-19/h3-4,7-9,11,18H,5-6,10,12-13H2,1-2H3. The van der Waals surface area contributed by atoms with Crippen LogP contribution in [0.3, 0.4) is 0 Å². The lowest BCUT2D eigenvalue weighted by molar-refractivity contribution is -0.139. The Kier molecular flexibility index (Phi) is 4.60. The SMILES string of the molecule is Cc1cc(C)cc(CC2CC(=O)N(CCc3ccc4c(c3)OCO4)C2=O)c1. The summed E-state index contributed by atoms with van der Waals surface area (Å²) >= 11 is 0. The number of ether oxygens (including phenoxy) is 2. The Balaban J connectivity index is 1.40. The van der Waals surface area contributed by atoms with Crippen LogP contribution in [-0.2, 0) is 22.4 Å². The molecule has 1 saturated heterocycles. The van der Waals surface area contributed by atoms with Crippen molar-refractivity contribution in [3.63, 3.8) is 0 Å². The van der Waals surface area contributed by atoms with Crippen molar-refractivity contribution in [2.75, 3.05) is 13.3 Å². The van der Waals surface area contributed by atoms with Crippen LogP contribution < -0.4 is 9.47 Å². The lowest BCUT2D eigenvalue weighted by Gasteiger charge is -2.15. The van der Waals surface area contributed by atoms with Gasteiger partial charge >= 0.3 is 0 Å². The highest BCUT2D eigenvalue weighted by molar-refractivity contribution is 6.03. The first-order chi connectivity index (χ1) is 13.0. The molecule has 1 atom stereocenters. The molecule has 0 N–H and O–H groups in total. The van der Waals surface area contributed by atoms with Crippen LogP contribution in [0.2, 0.25) is 0 Å². The summed E-state index contributed by atoms with van der Waals surface area (Å²) in [5, 5.41) is 0. The Bertz CT molecular complexity index is 885. The molecule has 0 saturated carbocycles. The van der Waals surface area contributed by atoms with Crippen LogP contribution in [0.1, 0.15) is 28.7 Å². The van der Waals surface area contributed by atoms with Crippen LogP contribution in [0.4, 0.5) is 0 Å². The molecule has 27 heavy (non-hydrogen) atoms. The first kappa shape index (κ1) is 17.6. The molecule has 1 fully saturated rings. The van der Waals surface area contributed by atoms with Crippen molar-refractivity contribution in [2.24, 2.45) is 5.92 Å². The Labute approximate surface area is 158 Å². The van der Waals surface area contributed by atoms with Gasteiger partial charge in [0.1, 0.15) is 0 Å². The quantitative estimate of drug-likeness (QED) is 0.764. The summed E-state index contributed by atoms with van der Waals surface area (Å²) in [6.07, 6.45) is 1.53. The number of carbonyl (C=O) groups excluding carboxylic acids is 2. The van der Waals surface area contributed by atoms with Crippen molar-refractivity contribution in [1.82, 2.24) is 4.90 Å². The maximum Gasteiger partial charge on any atom is 0.233 e. The molecule has 0 aliphatic carbocycles. The van der Waals surface area contributed by atoms with E-state index in [0.29, 0.717) is 25.8 Å². The second-order valence-corrected chi connectivity index (χ2v) is 7.42. The third kappa shape index (κ3) is 3.68.